The fourth-order valence-corrected chi connectivity index (χ4v) is 3.01. The zero-order chi connectivity index (χ0) is 24.6. The number of ether oxygens (including phenoxy) is 9. The number of methoxy groups -OCH3 is 4. The number of fused-ring (bicyclic) bond motifs is 1. The van der Waals surface area contributed by atoms with Crippen LogP contribution in [0.3, 0.4) is 0 Å². The number of H-pyrrole nitrogens is 1. The number of hydrogen-bond acceptors (Lipinski definition) is 10. The van der Waals surface area contributed by atoms with Crippen LogP contribution in [0.4, 0.5) is 0 Å². The van der Waals surface area contributed by atoms with Crippen LogP contribution in [0, 0.1) is 0 Å². The molecular weight excluding hydrogens is 450 g/mol. The van der Waals surface area contributed by atoms with Crippen molar-refractivity contribution in [1.29, 1.82) is 0 Å². The largest absolute Gasteiger partial charge is 0.493 e. The molecule has 0 spiro atoms. The Labute approximate surface area is 199 Å². The lowest BCUT2D eigenvalue weighted by molar-refractivity contribution is -0.00987. The second-order valence-electron chi connectivity index (χ2n) is 6.87. The first-order valence-corrected chi connectivity index (χ1v) is 10.9. The summed E-state index contributed by atoms with van der Waals surface area (Å²) < 4.78 is 48.2. The first-order chi connectivity index (χ1) is 16.7. The number of rotatable bonds is 19. The Morgan fingerprint density at radius 2 is 1.26 bits per heavy atom. The first kappa shape index (κ1) is 27.7. The number of esters is 1. The van der Waals surface area contributed by atoms with Crippen molar-refractivity contribution in [2.45, 2.75) is 0 Å². The summed E-state index contributed by atoms with van der Waals surface area (Å²) in [6, 6.07) is 3.43. The minimum Gasteiger partial charge on any atom is -0.493 e. The van der Waals surface area contributed by atoms with Crippen molar-refractivity contribution in [2.24, 2.45) is 0 Å². The van der Waals surface area contributed by atoms with Gasteiger partial charge in [-0.1, -0.05) is 0 Å². The Morgan fingerprint density at radius 3 is 1.76 bits per heavy atom. The summed E-state index contributed by atoms with van der Waals surface area (Å²) in [5.41, 5.74) is 0.913. The number of hydrogen-bond donors (Lipinski definition) is 1. The molecule has 0 atom stereocenters. The molecule has 11 nitrogen and oxygen atoms in total. The molecule has 2 rings (SSSR count). The maximum atomic E-state index is 11.9. The number of nitrogens with one attached hydrogen (secondary N) is 1. The van der Waals surface area contributed by atoms with Gasteiger partial charge >= 0.3 is 5.97 Å². The van der Waals surface area contributed by atoms with Crippen LogP contribution < -0.4 is 14.2 Å². The SMILES string of the molecule is COCCOCCOCCOCCOCCOc1c(OC)cc2cc(C(=O)OC)[nH]c2c1OC. The molecule has 0 aliphatic carbocycles. The molecule has 0 saturated heterocycles. The molecule has 1 aromatic heterocycles. The standard InChI is InChI=1S/C23H35NO10/c1-26-5-6-30-7-8-31-9-10-32-11-12-33-13-14-34-21-19(27-2)16-17-15-18(23(25)29-4)24-20(17)22(21)28-3/h15-16,24H,5-14H2,1-4H3. The van der Waals surface area contributed by atoms with Crippen LogP contribution in [0.1, 0.15) is 10.5 Å². The average Bonchev–Trinajstić information content (AvgIpc) is 3.29. The summed E-state index contributed by atoms with van der Waals surface area (Å²) in [6.07, 6.45) is 0. The Hall–Kier alpha value is -2.57. The molecule has 0 bridgehead atoms. The first-order valence-electron chi connectivity index (χ1n) is 10.9. The third kappa shape index (κ3) is 8.65. The van der Waals surface area contributed by atoms with E-state index in [1.54, 1.807) is 19.2 Å². The van der Waals surface area contributed by atoms with Crippen LogP contribution in [0.5, 0.6) is 17.2 Å². The van der Waals surface area contributed by atoms with Crippen molar-refractivity contribution in [1.82, 2.24) is 4.98 Å². The van der Waals surface area contributed by atoms with Gasteiger partial charge in [0.25, 0.3) is 0 Å². The molecule has 2 aromatic rings. The Bertz CT molecular complexity index is 854. The highest BCUT2D eigenvalue weighted by molar-refractivity contribution is 5.98. The normalized spacial score (nSPS) is 11.1. The monoisotopic (exact) mass is 485 g/mol. The van der Waals surface area contributed by atoms with E-state index < -0.39 is 5.97 Å². The van der Waals surface area contributed by atoms with Gasteiger partial charge in [0.15, 0.2) is 11.5 Å². The van der Waals surface area contributed by atoms with Crippen molar-refractivity contribution in [2.75, 3.05) is 94.5 Å². The number of aromatic amines is 1. The van der Waals surface area contributed by atoms with E-state index in [1.807, 2.05) is 0 Å². The van der Waals surface area contributed by atoms with Crippen molar-refractivity contribution >= 4 is 16.9 Å². The van der Waals surface area contributed by atoms with E-state index in [9.17, 15) is 4.79 Å². The van der Waals surface area contributed by atoms with E-state index in [4.69, 9.17) is 42.6 Å². The van der Waals surface area contributed by atoms with Crippen molar-refractivity contribution in [3.8, 4) is 17.2 Å². The highest BCUT2D eigenvalue weighted by Crippen LogP contribution is 2.43. The molecule has 0 fully saturated rings. The number of benzene rings is 1. The Balaban J connectivity index is 1.68. The number of carbonyl (C=O) groups excluding carboxylic acids is 1. The smallest absolute Gasteiger partial charge is 0.354 e. The minimum absolute atomic E-state index is 0.273. The fraction of sp³-hybridized carbons (Fsp3) is 0.609. The summed E-state index contributed by atoms with van der Waals surface area (Å²) in [6.45, 7) is 4.67. The van der Waals surface area contributed by atoms with Gasteiger partial charge in [-0.2, -0.15) is 0 Å². The van der Waals surface area contributed by atoms with Gasteiger partial charge in [0.05, 0.1) is 86.3 Å². The molecule has 1 N–H and O–H groups in total. The van der Waals surface area contributed by atoms with Crippen molar-refractivity contribution in [3.05, 3.63) is 17.8 Å². The summed E-state index contributed by atoms with van der Waals surface area (Å²) in [4.78, 5) is 14.9. The van der Waals surface area contributed by atoms with Crippen molar-refractivity contribution in [3.63, 3.8) is 0 Å². The zero-order valence-electron chi connectivity index (χ0n) is 20.3. The molecule has 0 aliphatic heterocycles. The molecular formula is C23H35NO10. The molecule has 1 aromatic carbocycles. The van der Waals surface area contributed by atoms with Gasteiger partial charge in [0, 0.05) is 12.5 Å². The lowest BCUT2D eigenvalue weighted by Gasteiger charge is -2.15. The Morgan fingerprint density at radius 1 is 0.706 bits per heavy atom. The zero-order valence-corrected chi connectivity index (χ0v) is 20.3. The molecule has 1 heterocycles. The van der Waals surface area contributed by atoms with Crippen LogP contribution in [-0.2, 0) is 28.4 Å². The lowest BCUT2D eigenvalue weighted by Crippen LogP contribution is -2.14. The summed E-state index contributed by atoms with van der Waals surface area (Å²) >= 11 is 0. The lowest BCUT2D eigenvalue weighted by atomic mass is 10.2. The highest BCUT2D eigenvalue weighted by Gasteiger charge is 2.20. The van der Waals surface area contributed by atoms with Gasteiger partial charge in [-0.05, 0) is 12.1 Å². The minimum atomic E-state index is -0.478. The predicted octanol–water partition coefficient (Wildman–Crippen LogP) is 2.06. The molecule has 0 aliphatic rings. The van der Waals surface area contributed by atoms with Gasteiger partial charge < -0.3 is 47.6 Å². The van der Waals surface area contributed by atoms with Gasteiger partial charge in [-0.3, -0.25) is 0 Å². The van der Waals surface area contributed by atoms with Crippen molar-refractivity contribution < 1.29 is 47.4 Å². The van der Waals surface area contributed by atoms with Crippen LogP contribution >= 0.6 is 0 Å². The van der Waals surface area contributed by atoms with E-state index in [0.717, 1.165) is 5.39 Å². The van der Waals surface area contributed by atoms with Gasteiger partial charge in [0.1, 0.15) is 12.3 Å². The van der Waals surface area contributed by atoms with E-state index in [1.165, 1.54) is 21.3 Å². The number of carbonyl (C=O) groups is 1. The van der Waals surface area contributed by atoms with E-state index >= 15 is 0 Å². The second kappa shape index (κ2) is 16.1. The van der Waals surface area contributed by atoms with Gasteiger partial charge in [0.2, 0.25) is 5.75 Å². The van der Waals surface area contributed by atoms with Crippen LogP contribution in [0.25, 0.3) is 10.9 Å². The van der Waals surface area contributed by atoms with Crippen LogP contribution in [0.2, 0.25) is 0 Å². The average molecular weight is 486 g/mol. The molecule has 0 saturated carbocycles. The topological polar surface area (TPSA) is 116 Å². The summed E-state index contributed by atoms with van der Waals surface area (Å²) in [5.74, 6) is 0.844. The molecule has 34 heavy (non-hydrogen) atoms. The summed E-state index contributed by atoms with van der Waals surface area (Å²) in [5, 5.41) is 0.734. The predicted molar refractivity (Wildman–Crippen MR) is 123 cm³/mol. The van der Waals surface area contributed by atoms with Crippen LogP contribution in [0.15, 0.2) is 12.1 Å². The maximum absolute atomic E-state index is 11.9. The van der Waals surface area contributed by atoms with E-state index in [0.29, 0.717) is 87.9 Å². The maximum Gasteiger partial charge on any atom is 0.354 e. The van der Waals surface area contributed by atoms with E-state index in [-0.39, 0.29) is 6.61 Å². The van der Waals surface area contributed by atoms with E-state index in [2.05, 4.69) is 4.98 Å². The van der Waals surface area contributed by atoms with Gasteiger partial charge in [-0.15, -0.1) is 0 Å². The second-order valence-corrected chi connectivity index (χ2v) is 6.87. The summed E-state index contributed by atoms with van der Waals surface area (Å²) in [7, 11) is 6.01. The molecule has 0 radical (unpaired) electrons. The third-order valence-corrected chi connectivity index (χ3v) is 4.64. The van der Waals surface area contributed by atoms with Gasteiger partial charge in [-0.25, -0.2) is 4.79 Å². The Kier molecular flexibility index (Phi) is 13.1. The van der Waals surface area contributed by atoms with Crippen LogP contribution in [-0.4, -0.2) is 105 Å². The molecule has 192 valence electrons. The molecule has 11 heteroatoms. The number of aromatic nitrogens is 1. The quantitative estimate of drug-likeness (QED) is 0.234. The molecule has 0 amide bonds. The highest BCUT2D eigenvalue weighted by atomic mass is 16.6. The third-order valence-electron chi connectivity index (χ3n) is 4.64. The fourth-order valence-electron chi connectivity index (χ4n) is 3.01. The molecule has 0 unspecified atom stereocenters.